The number of nitrogens with one attached hydrogen (secondary N) is 1. The zero-order valence-corrected chi connectivity index (χ0v) is 16.9. The van der Waals surface area contributed by atoms with Crippen LogP contribution in [0.5, 0.6) is 0 Å². The summed E-state index contributed by atoms with van der Waals surface area (Å²) in [5.41, 5.74) is 2.19. The lowest BCUT2D eigenvalue weighted by molar-refractivity contribution is -0.133. The molecule has 1 aliphatic carbocycles. The molecule has 1 aromatic carbocycles. The highest BCUT2D eigenvalue weighted by Gasteiger charge is 2.26. The summed E-state index contributed by atoms with van der Waals surface area (Å²) in [7, 11) is 0. The molecule has 1 aliphatic heterocycles. The second-order valence-electron chi connectivity index (χ2n) is 7.98. The fraction of sp³-hybridized carbons (Fsp3) is 0.500. The third-order valence-corrected chi connectivity index (χ3v) is 5.48. The predicted octanol–water partition coefficient (Wildman–Crippen LogP) is 2.01. The van der Waals surface area contributed by atoms with Crippen molar-refractivity contribution >= 4 is 11.8 Å². The Kier molecular flexibility index (Phi) is 5.94. The molecule has 154 valence electrons. The van der Waals surface area contributed by atoms with Gasteiger partial charge in [-0.25, -0.2) is 4.98 Å². The van der Waals surface area contributed by atoms with Crippen molar-refractivity contribution in [2.24, 2.45) is 0 Å². The number of hydrogen-bond acceptors (Lipinski definition) is 5. The highest BCUT2D eigenvalue weighted by atomic mass is 16.4. The zero-order chi connectivity index (χ0) is 20.2. The molecule has 1 saturated carbocycles. The van der Waals surface area contributed by atoms with E-state index in [1.165, 1.54) is 5.56 Å². The van der Waals surface area contributed by atoms with Gasteiger partial charge in [0.1, 0.15) is 0 Å². The average Bonchev–Trinajstić information content (AvgIpc) is 3.40. The molecular weight excluding hydrogens is 368 g/mol. The Morgan fingerprint density at radius 1 is 1.14 bits per heavy atom. The number of aromatic nitrogens is 1. The lowest BCUT2D eigenvalue weighted by atomic mass is 10.1. The molecule has 1 aromatic heterocycles. The van der Waals surface area contributed by atoms with E-state index in [2.05, 4.69) is 15.2 Å². The number of nitrogens with zero attached hydrogens (tertiary/aromatic N) is 3. The van der Waals surface area contributed by atoms with E-state index in [0.29, 0.717) is 44.4 Å². The van der Waals surface area contributed by atoms with Gasteiger partial charge in [0.2, 0.25) is 11.8 Å². The van der Waals surface area contributed by atoms with Gasteiger partial charge in [0, 0.05) is 50.6 Å². The smallest absolute Gasteiger partial charge is 0.234 e. The molecule has 2 amide bonds. The van der Waals surface area contributed by atoms with E-state index in [0.717, 1.165) is 37.3 Å². The van der Waals surface area contributed by atoms with Gasteiger partial charge in [0.25, 0.3) is 0 Å². The molecule has 0 radical (unpaired) electrons. The number of hydrogen-bond donors (Lipinski definition) is 1. The standard InChI is InChI=1S/C22H28N4O3/c1-16-2-4-17(5-3-16)19-14-23-21(29-19)8-9-22(28)26-12-10-25(11-13-26)15-20(27)24-18-6-7-18/h2-5,14,18H,6-13,15H2,1H3,(H,24,27). The van der Waals surface area contributed by atoms with Crippen LogP contribution in [0.15, 0.2) is 34.9 Å². The van der Waals surface area contributed by atoms with Crippen molar-refractivity contribution < 1.29 is 14.0 Å². The van der Waals surface area contributed by atoms with E-state index in [4.69, 9.17) is 4.42 Å². The van der Waals surface area contributed by atoms with Crippen LogP contribution in [0.1, 0.15) is 30.7 Å². The van der Waals surface area contributed by atoms with Gasteiger partial charge in [-0.15, -0.1) is 0 Å². The van der Waals surface area contributed by atoms with Gasteiger partial charge in [-0.2, -0.15) is 0 Å². The molecule has 2 heterocycles. The normalized spacial score (nSPS) is 17.3. The Hall–Kier alpha value is -2.67. The van der Waals surface area contributed by atoms with Crippen molar-refractivity contribution in [3.05, 3.63) is 41.9 Å². The maximum Gasteiger partial charge on any atom is 0.234 e. The Morgan fingerprint density at radius 3 is 2.55 bits per heavy atom. The Morgan fingerprint density at radius 2 is 1.86 bits per heavy atom. The fourth-order valence-corrected chi connectivity index (χ4v) is 3.51. The predicted molar refractivity (Wildman–Crippen MR) is 109 cm³/mol. The Labute approximate surface area is 171 Å². The van der Waals surface area contributed by atoms with E-state index in [9.17, 15) is 9.59 Å². The number of benzene rings is 1. The monoisotopic (exact) mass is 396 g/mol. The molecule has 1 saturated heterocycles. The first-order chi connectivity index (χ1) is 14.1. The van der Waals surface area contributed by atoms with Gasteiger partial charge < -0.3 is 14.6 Å². The summed E-state index contributed by atoms with van der Waals surface area (Å²) in [6.45, 7) is 5.27. The molecule has 0 atom stereocenters. The summed E-state index contributed by atoms with van der Waals surface area (Å²) in [6.07, 6.45) is 4.80. The number of oxazole rings is 1. The molecule has 0 spiro atoms. The highest BCUT2D eigenvalue weighted by Crippen LogP contribution is 2.21. The van der Waals surface area contributed by atoms with Crippen LogP contribution < -0.4 is 5.32 Å². The van der Waals surface area contributed by atoms with Gasteiger partial charge in [0.15, 0.2) is 11.7 Å². The molecule has 7 heteroatoms. The van der Waals surface area contributed by atoms with Gasteiger partial charge in [-0.3, -0.25) is 14.5 Å². The first-order valence-electron chi connectivity index (χ1n) is 10.4. The van der Waals surface area contributed by atoms with Crippen LogP contribution in [0.25, 0.3) is 11.3 Å². The van der Waals surface area contributed by atoms with E-state index in [-0.39, 0.29) is 11.8 Å². The maximum absolute atomic E-state index is 12.5. The molecule has 0 bridgehead atoms. The molecule has 2 aliphatic rings. The van der Waals surface area contributed by atoms with E-state index >= 15 is 0 Å². The molecule has 7 nitrogen and oxygen atoms in total. The van der Waals surface area contributed by atoms with Gasteiger partial charge in [-0.1, -0.05) is 29.8 Å². The lowest BCUT2D eigenvalue weighted by Crippen LogP contribution is -2.51. The first kappa shape index (κ1) is 19.6. The van der Waals surface area contributed by atoms with E-state index in [1.54, 1.807) is 6.20 Å². The molecule has 2 aromatic rings. The number of aryl methyl sites for hydroxylation is 2. The number of carbonyl (C=O) groups excluding carboxylic acids is 2. The van der Waals surface area contributed by atoms with E-state index < -0.39 is 0 Å². The van der Waals surface area contributed by atoms with Crippen molar-refractivity contribution in [3.63, 3.8) is 0 Å². The SMILES string of the molecule is Cc1ccc(-c2cnc(CCC(=O)N3CCN(CC(=O)NC4CC4)CC3)o2)cc1. The second kappa shape index (κ2) is 8.78. The zero-order valence-electron chi connectivity index (χ0n) is 16.9. The maximum atomic E-state index is 12.5. The van der Waals surface area contributed by atoms with Crippen LogP contribution in [-0.2, 0) is 16.0 Å². The molecule has 1 N–H and O–H groups in total. The quantitative estimate of drug-likeness (QED) is 0.775. The second-order valence-corrected chi connectivity index (χ2v) is 7.98. The van der Waals surface area contributed by atoms with Crippen LogP contribution in [0.4, 0.5) is 0 Å². The summed E-state index contributed by atoms with van der Waals surface area (Å²) >= 11 is 0. The topological polar surface area (TPSA) is 78.7 Å². The Balaban J connectivity index is 1.20. The summed E-state index contributed by atoms with van der Waals surface area (Å²) in [5.74, 6) is 1.53. The number of rotatable bonds is 7. The fourth-order valence-electron chi connectivity index (χ4n) is 3.51. The summed E-state index contributed by atoms with van der Waals surface area (Å²) in [5, 5.41) is 3.01. The van der Waals surface area contributed by atoms with Gasteiger partial charge in [0.05, 0.1) is 12.7 Å². The number of amides is 2. The van der Waals surface area contributed by atoms with Crippen molar-refractivity contribution in [1.29, 1.82) is 0 Å². The van der Waals surface area contributed by atoms with Crippen molar-refractivity contribution in [1.82, 2.24) is 20.1 Å². The van der Waals surface area contributed by atoms with E-state index in [1.807, 2.05) is 36.1 Å². The third-order valence-electron chi connectivity index (χ3n) is 5.48. The Bertz CT molecular complexity index is 849. The van der Waals surface area contributed by atoms with Crippen molar-refractivity contribution in [2.75, 3.05) is 32.7 Å². The largest absolute Gasteiger partial charge is 0.441 e. The number of carbonyl (C=O) groups is 2. The van der Waals surface area contributed by atoms with Crippen LogP contribution in [-0.4, -0.2) is 65.4 Å². The average molecular weight is 396 g/mol. The minimum Gasteiger partial charge on any atom is -0.441 e. The molecule has 4 rings (SSSR count). The summed E-state index contributed by atoms with van der Waals surface area (Å²) in [4.78, 5) is 32.7. The molecule has 2 fully saturated rings. The summed E-state index contributed by atoms with van der Waals surface area (Å²) < 4.78 is 5.81. The molecule has 0 unspecified atom stereocenters. The minimum atomic E-state index is 0.0977. The van der Waals surface area contributed by atoms with Crippen LogP contribution in [0.3, 0.4) is 0 Å². The summed E-state index contributed by atoms with van der Waals surface area (Å²) in [6, 6.07) is 8.49. The minimum absolute atomic E-state index is 0.0977. The number of piperazine rings is 1. The highest BCUT2D eigenvalue weighted by molar-refractivity contribution is 5.79. The van der Waals surface area contributed by atoms with Crippen LogP contribution >= 0.6 is 0 Å². The van der Waals surface area contributed by atoms with Gasteiger partial charge >= 0.3 is 0 Å². The van der Waals surface area contributed by atoms with Gasteiger partial charge in [-0.05, 0) is 19.8 Å². The van der Waals surface area contributed by atoms with Crippen LogP contribution in [0, 0.1) is 6.92 Å². The van der Waals surface area contributed by atoms with Crippen molar-refractivity contribution in [2.45, 2.75) is 38.6 Å². The van der Waals surface area contributed by atoms with Crippen LogP contribution in [0.2, 0.25) is 0 Å². The molecular formula is C22H28N4O3. The third kappa shape index (κ3) is 5.44. The molecule has 29 heavy (non-hydrogen) atoms. The lowest BCUT2D eigenvalue weighted by Gasteiger charge is -2.34. The van der Waals surface area contributed by atoms with Crippen molar-refractivity contribution in [3.8, 4) is 11.3 Å². The first-order valence-corrected chi connectivity index (χ1v) is 10.4.